The molecule has 2 rings (SSSR count). The molecule has 0 bridgehead atoms. The number of nitrogens with one attached hydrogen (secondary N) is 1. The molecule has 2 unspecified atom stereocenters. The van der Waals surface area contributed by atoms with Crippen molar-refractivity contribution in [3.05, 3.63) is 11.8 Å². The van der Waals surface area contributed by atoms with E-state index in [0.29, 0.717) is 11.6 Å². The Morgan fingerprint density at radius 3 is 2.83 bits per heavy atom. The van der Waals surface area contributed by atoms with Gasteiger partial charge in [-0.2, -0.15) is 0 Å². The van der Waals surface area contributed by atoms with E-state index in [-0.39, 0.29) is 42.4 Å². The van der Waals surface area contributed by atoms with E-state index in [1.807, 2.05) is 0 Å². The standard InChI is InChI=1S/C14H19N3O6S/c1-8-3-11(16-23-8)15-12(18)6-24-7-13(19)17-5-9(22-2)4-10(17)14(20)21/h3,9-10H,4-7H2,1-2H3,(H,20,21)(H,15,16,18). The molecule has 0 aromatic carbocycles. The Bertz CT molecular complexity index is 619. The second-order valence-electron chi connectivity index (χ2n) is 5.36. The highest BCUT2D eigenvalue weighted by Crippen LogP contribution is 2.21. The Morgan fingerprint density at radius 2 is 2.25 bits per heavy atom. The molecule has 1 fully saturated rings. The van der Waals surface area contributed by atoms with Crippen molar-refractivity contribution in [2.24, 2.45) is 0 Å². The number of aliphatic carboxylic acids is 1. The third kappa shape index (κ3) is 4.71. The molecule has 1 aromatic heterocycles. The van der Waals surface area contributed by atoms with Crippen LogP contribution in [0.15, 0.2) is 10.6 Å². The lowest BCUT2D eigenvalue weighted by atomic mass is 10.2. The molecule has 0 radical (unpaired) electrons. The third-order valence-electron chi connectivity index (χ3n) is 3.56. The fraction of sp³-hybridized carbons (Fsp3) is 0.571. The number of hydrogen-bond donors (Lipinski definition) is 2. The lowest BCUT2D eigenvalue weighted by molar-refractivity contribution is -0.147. The number of thioether (sulfide) groups is 1. The number of hydrogen-bond acceptors (Lipinski definition) is 7. The largest absolute Gasteiger partial charge is 0.480 e. The highest BCUT2D eigenvalue weighted by molar-refractivity contribution is 8.00. The Labute approximate surface area is 142 Å². The van der Waals surface area contributed by atoms with Gasteiger partial charge in [0, 0.05) is 26.1 Å². The molecule has 2 atom stereocenters. The second-order valence-corrected chi connectivity index (χ2v) is 6.34. The summed E-state index contributed by atoms with van der Waals surface area (Å²) in [6, 6.07) is 0.704. The van der Waals surface area contributed by atoms with Crippen LogP contribution in [-0.2, 0) is 19.1 Å². The van der Waals surface area contributed by atoms with E-state index >= 15 is 0 Å². The number of rotatable bonds is 7. The molecular formula is C14H19N3O6S. The molecule has 10 heteroatoms. The lowest BCUT2D eigenvalue weighted by Crippen LogP contribution is -2.41. The van der Waals surface area contributed by atoms with Crippen molar-refractivity contribution in [2.45, 2.75) is 25.5 Å². The number of aryl methyl sites for hydroxylation is 1. The first-order valence-corrected chi connectivity index (χ1v) is 8.42. The van der Waals surface area contributed by atoms with Gasteiger partial charge in [-0.1, -0.05) is 5.16 Å². The van der Waals surface area contributed by atoms with Crippen molar-refractivity contribution < 1.29 is 28.8 Å². The van der Waals surface area contributed by atoms with Crippen LogP contribution in [0.5, 0.6) is 0 Å². The predicted octanol–water partition coefficient (Wildman–Crippen LogP) is 0.355. The van der Waals surface area contributed by atoms with E-state index in [1.54, 1.807) is 13.0 Å². The smallest absolute Gasteiger partial charge is 0.326 e. The summed E-state index contributed by atoms with van der Waals surface area (Å²) in [6.07, 6.45) is -0.00687. The van der Waals surface area contributed by atoms with Crippen molar-refractivity contribution >= 4 is 35.4 Å². The van der Waals surface area contributed by atoms with Gasteiger partial charge in [0.2, 0.25) is 11.8 Å². The minimum atomic E-state index is -1.05. The first-order chi connectivity index (χ1) is 11.4. The molecule has 1 aliphatic heterocycles. The SMILES string of the molecule is COC1CC(C(=O)O)N(C(=O)CSCC(=O)Nc2cc(C)on2)C1. The maximum absolute atomic E-state index is 12.2. The van der Waals surface area contributed by atoms with Crippen molar-refractivity contribution in [3.63, 3.8) is 0 Å². The summed E-state index contributed by atoms with van der Waals surface area (Å²) in [5, 5.41) is 15.4. The number of carboxylic acids is 1. The Hall–Kier alpha value is -2.07. The molecule has 1 aromatic rings. The van der Waals surface area contributed by atoms with E-state index in [1.165, 1.54) is 12.0 Å². The second kappa shape index (κ2) is 8.15. The van der Waals surface area contributed by atoms with Gasteiger partial charge in [0.25, 0.3) is 0 Å². The van der Waals surface area contributed by atoms with Gasteiger partial charge >= 0.3 is 5.97 Å². The van der Waals surface area contributed by atoms with Gasteiger partial charge in [0.1, 0.15) is 11.8 Å². The summed E-state index contributed by atoms with van der Waals surface area (Å²) >= 11 is 1.11. The monoisotopic (exact) mass is 357 g/mol. The highest BCUT2D eigenvalue weighted by Gasteiger charge is 2.39. The zero-order valence-corrected chi connectivity index (χ0v) is 14.2. The van der Waals surface area contributed by atoms with Crippen LogP contribution in [0.2, 0.25) is 0 Å². The predicted molar refractivity (Wildman–Crippen MR) is 85.7 cm³/mol. The number of carbonyl (C=O) groups is 3. The molecule has 2 heterocycles. The minimum Gasteiger partial charge on any atom is -0.480 e. The van der Waals surface area contributed by atoms with Crippen LogP contribution in [0.1, 0.15) is 12.2 Å². The average molecular weight is 357 g/mol. The molecule has 0 spiro atoms. The van der Waals surface area contributed by atoms with Crippen LogP contribution >= 0.6 is 11.8 Å². The first kappa shape index (κ1) is 18.3. The van der Waals surface area contributed by atoms with Crippen molar-refractivity contribution in [3.8, 4) is 0 Å². The van der Waals surface area contributed by atoms with E-state index in [0.717, 1.165) is 11.8 Å². The van der Waals surface area contributed by atoms with Gasteiger partial charge in [-0.25, -0.2) is 4.79 Å². The summed E-state index contributed by atoms with van der Waals surface area (Å²) in [4.78, 5) is 36.5. The summed E-state index contributed by atoms with van der Waals surface area (Å²) in [7, 11) is 1.49. The van der Waals surface area contributed by atoms with Crippen LogP contribution in [0.4, 0.5) is 5.82 Å². The fourth-order valence-corrected chi connectivity index (χ4v) is 3.10. The number of carbonyl (C=O) groups excluding carboxylic acids is 2. The van der Waals surface area contributed by atoms with Gasteiger partial charge in [-0.15, -0.1) is 11.8 Å². The number of ether oxygens (including phenoxy) is 1. The van der Waals surface area contributed by atoms with Gasteiger partial charge < -0.3 is 24.6 Å². The number of nitrogens with zero attached hydrogens (tertiary/aromatic N) is 2. The minimum absolute atomic E-state index is 0.0193. The van der Waals surface area contributed by atoms with Gasteiger partial charge in [0.15, 0.2) is 5.82 Å². The van der Waals surface area contributed by atoms with Crippen LogP contribution in [-0.4, -0.2) is 70.3 Å². The van der Waals surface area contributed by atoms with Gasteiger partial charge in [0.05, 0.1) is 17.6 Å². The van der Waals surface area contributed by atoms with E-state index < -0.39 is 12.0 Å². The molecule has 0 saturated carbocycles. The third-order valence-corrected chi connectivity index (χ3v) is 4.47. The van der Waals surface area contributed by atoms with Gasteiger partial charge in [-0.3, -0.25) is 9.59 Å². The molecule has 9 nitrogen and oxygen atoms in total. The lowest BCUT2D eigenvalue weighted by Gasteiger charge is -2.20. The zero-order valence-electron chi connectivity index (χ0n) is 13.4. The Balaban J connectivity index is 1.77. The number of likely N-dealkylation sites (tertiary alicyclic amines) is 1. The van der Waals surface area contributed by atoms with Crippen molar-refractivity contribution in [1.29, 1.82) is 0 Å². The molecule has 24 heavy (non-hydrogen) atoms. The molecule has 2 amide bonds. The number of methoxy groups -OCH3 is 1. The van der Waals surface area contributed by atoms with E-state index in [2.05, 4.69) is 10.5 Å². The first-order valence-electron chi connectivity index (χ1n) is 7.26. The molecule has 1 aliphatic rings. The topological polar surface area (TPSA) is 122 Å². The summed E-state index contributed by atoms with van der Waals surface area (Å²) in [5.74, 6) is -0.717. The highest BCUT2D eigenvalue weighted by atomic mass is 32.2. The maximum Gasteiger partial charge on any atom is 0.326 e. The Morgan fingerprint density at radius 1 is 1.50 bits per heavy atom. The van der Waals surface area contributed by atoms with E-state index in [4.69, 9.17) is 9.26 Å². The van der Waals surface area contributed by atoms with E-state index in [9.17, 15) is 19.5 Å². The van der Waals surface area contributed by atoms with Gasteiger partial charge in [-0.05, 0) is 6.92 Å². The van der Waals surface area contributed by atoms with Crippen LogP contribution in [0, 0.1) is 6.92 Å². The van der Waals surface area contributed by atoms with Crippen LogP contribution in [0.3, 0.4) is 0 Å². The van der Waals surface area contributed by atoms with Crippen molar-refractivity contribution in [1.82, 2.24) is 10.1 Å². The number of anilines is 1. The molecular weight excluding hydrogens is 338 g/mol. The quantitative estimate of drug-likeness (QED) is 0.717. The maximum atomic E-state index is 12.2. The summed E-state index contributed by atoms with van der Waals surface area (Å²) < 4.78 is 9.97. The molecule has 1 saturated heterocycles. The zero-order chi connectivity index (χ0) is 17.7. The molecule has 0 aliphatic carbocycles. The molecule has 132 valence electrons. The fourth-order valence-electron chi connectivity index (χ4n) is 2.40. The summed E-state index contributed by atoms with van der Waals surface area (Å²) in [6.45, 7) is 1.95. The van der Waals surface area contributed by atoms with Crippen LogP contribution in [0.25, 0.3) is 0 Å². The average Bonchev–Trinajstić information content (AvgIpc) is 3.13. The number of aromatic nitrogens is 1. The Kier molecular flexibility index (Phi) is 6.21. The molecule has 2 N–H and O–H groups in total. The normalized spacial score (nSPS) is 20.2. The summed E-state index contributed by atoms with van der Waals surface area (Å²) in [5.41, 5.74) is 0. The number of amides is 2. The number of carboxylic acid groups (broad SMARTS) is 1. The van der Waals surface area contributed by atoms with Crippen LogP contribution < -0.4 is 5.32 Å². The van der Waals surface area contributed by atoms with Crippen molar-refractivity contribution in [2.75, 3.05) is 30.5 Å².